The number of amides is 1. The van der Waals surface area contributed by atoms with Gasteiger partial charge in [-0.05, 0) is 44.4 Å². The number of aromatic nitrogens is 1. The van der Waals surface area contributed by atoms with E-state index in [2.05, 4.69) is 58.5 Å². The van der Waals surface area contributed by atoms with Crippen molar-refractivity contribution in [1.82, 2.24) is 14.4 Å². The average molecular weight is 396 g/mol. The quantitative estimate of drug-likeness (QED) is 0.538. The van der Waals surface area contributed by atoms with Gasteiger partial charge in [0.1, 0.15) is 5.69 Å². The second kappa shape index (κ2) is 8.91. The van der Waals surface area contributed by atoms with Gasteiger partial charge in [-0.15, -0.1) is 0 Å². The molecule has 4 rings (SSSR count). The molecule has 1 amide bonds. The Morgan fingerprint density at radius 2 is 1.69 bits per heavy atom. The van der Waals surface area contributed by atoms with E-state index in [4.69, 9.17) is 0 Å². The summed E-state index contributed by atoms with van der Waals surface area (Å²) in [5.74, 6) is 0.253. The van der Waals surface area contributed by atoms with Crippen LogP contribution in [0.15, 0.2) is 30.3 Å². The molecule has 4 heteroatoms. The monoisotopic (exact) mass is 395 g/mol. The fourth-order valence-corrected chi connectivity index (χ4v) is 5.01. The van der Waals surface area contributed by atoms with Gasteiger partial charge in [0.2, 0.25) is 0 Å². The molecule has 2 fully saturated rings. The van der Waals surface area contributed by atoms with Crippen LogP contribution in [0.1, 0.15) is 75.7 Å². The summed E-state index contributed by atoms with van der Waals surface area (Å²) in [4.78, 5) is 18.6. The normalized spacial score (nSPS) is 18.6. The number of piperazine rings is 1. The zero-order valence-corrected chi connectivity index (χ0v) is 18.3. The highest BCUT2D eigenvalue weighted by atomic mass is 16.2. The third kappa shape index (κ3) is 4.23. The summed E-state index contributed by atoms with van der Waals surface area (Å²) in [6, 6.07) is 10.6. The maximum absolute atomic E-state index is 13.7. The summed E-state index contributed by atoms with van der Waals surface area (Å²) < 4.78 is 2.29. The molecule has 158 valence electrons. The molecule has 0 atom stereocenters. The molecule has 1 saturated carbocycles. The maximum Gasteiger partial charge on any atom is 0.271 e. The first-order valence-electron chi connectivity index (χ1n) is 11.8. The van der Waals surface area contributed by atoms with Crippen LogP contribution in [0.4, 0.5) is 0 Å². The van der Waals surface area contributed by atoms with Gasteiger partial charge < -0.3 is 9.47 Å². The number of fused-ring (bicyclic) bond motifs is 1. The van der Waals surface area contributed by atoms with Gasteiger partial charge in [0.05, 0.1) is 5.54 Å². The van der Waals surface area contributed by atoms with E-state index in [0.29, 0.717) is 0 Å². The summed E-state index contributed by atoms with van der Waals surface area (Å²) >= 11 is 0. The number of unbranched alkanes of at least 4 members (excludes halogenated alkanes) is 4. The van der Waals surface area contributed by atoms with Crippen molar-refractivity contribution in [3.05, 3.63) is 36.0 Å². The molecule has 29 heavy (non-hydrogen) atoms. The summed E-state index contributed by atoms with van der Waals surface area (Å²) in [6.45, 7) is 9.59. The van der Waals surface area contributed by atoms with Crippen molar-refractivity contribution in [2.45, 2.75) is 77.3 Å². The summed E-state index contributed by atoms with van der Waals surface area (Å²) in [7, 11) is 0. The molecule has 0 bridgehead atoms. The minimum Gasteiger partial charge on any atom is -0.336 e. The summed E-state index contributed by atoms with van der Waals surface area (Å²) in [5.41, 5.74) is 2.20. The van der Waals surface area contributed by atoms with Gasteiger partial charge in [-0.25, -0.2) is 0 Å². The van der Waals surface area contributed by atoms with Crippen LogP contribution < -0.4 is 0 Å². The van der Waals surface area contributed by atoms with E-state index in [0.717, 1.165) is 38.3 Å². The Hall–Kier alpha value is -1.81. The third-order valence-corrected chi connectivity index (χ3v) is 6.90. The van der Waals surface area contributed by atoms with Gasteiger partial charge in [0.15, 0.2) is 0 Å². The van der Waals surface area contributed by atoms with Gasteiger partial charge in [-0.2, -0.15) is 0 Å². The molecular formula is C25H37N3O. The van der Waals surface area contributed by atoms with Crippen molar-refractivity contribution in [3.8, 4) is 0 Å². The summed E-state index contributed by atoms with van der Waals surface area (Å²) in [5, 5.41) is 1.19. The smallest absolute Gasteiger partial charge is 0.271 e. The second-order valence-corrected chi connectivity index (χ2v) is 9.11. The standard InChI is InChI=1S/C25H37N3O/c1-3-5-9-15-26-17-18-28(25(20-26)13-14-25)24(29)23-19-21-11-7-8-12-22(21)27(23)16-10-6-4-2/h7-8,11-12,19H,3-6,9-10,13-18,20H2,1-2H3. The largest absolute Gasteiger partial charge is 0.336 e. The Morgan fingerprint density at radius 3 is 2.41 bits per heavy atom. The van der Waals surface area contributed by atoms with Crippen molar-refractivity contribution in [1.29, 1.82) is 0 Å². The first kappa shape index (κ1) is 20.5. The van der Waals surface area contributed by atoms with Crippen LogP contribution in [0.5, 0.6) is 0 Å². The number of benzene rings is 1. The van der Waals surface area contributed by atoms with E-state index in [1.54, 1.807) is 0 Å². The second-order valence-electron chi connectivity index (χ2n) is 9.11. The fraction of sp³-hybridized carbons (Fsp3) is 0.640. The molecular weight excluding hydrogens is 358 g/mol. The number of aryl methyl sites for hydroxylation is 1. The highest BCUT2D eigenvalue weighted by Gasteiger charge is 2.53. The number of carbonyl (C=O) groups is 1. The predicted octanol–water partition coefficient (Wildman–Crippen LogP) is 5.31. The Labute approximate surface area is 175 Å². The Morgan fingerprint density at radius 1 is 0.966 bits per heavy atom. The van der Waals surface area contributed by atoms with Crippen LogP contribution >= 0.6 is 0 Å². The Bertz CT molecular complexity index is 836. The van der Waals surface area contributed by atoms with Gasteiger partial charge in [0, 0.05) is 37.1 Å². The number of carbonyl (C=O) groups excluding carboxylic acids is 1. The number of nitrogens with zero attached hydrogens (tertiary/aromatic N) is 3. The number of para-hydroxylation sites is 1. The van der Waals surface area contributed by atoms with E-state index in [-0.39, 0.29) is 11.4 Å². The van der Waals surface area contributed by atoms with Crippen LogP contribution in [0.25, 0.3) is 10.9 Å². The molecule has 2 aromatic rings. The van der Waals surface area contributed by atoms with Crippen molar-refractivity contribution in [2.24, 2.45) is 0 Å². The zero-order valence-electron chi connectivity index (χ0n) is 18.3. The minimum atomic E-state index is 0.103. The third-order valence-electron chi connectivity index (χ3n) is 6.90. The summed E-state index contributed by atoms with van der Waals surface area (Å²) in [6.07, 6.45) is 9.73. The number of rotatable bonds is 9. The molecule has 0 unspecified atom stereocenters. The molecule has 0 N–H and O–H groups in total. The first-order chi connectivity index (χ1) is 14.2. The molecule has 1 aromatic carbocycles. The fourth-order valence-electron chi connectivity index (χ4n) is 5.01. The lowest BCUT2D eigenvalue weighted by Gasteiger charge is -2.42. The highest BCUT2D eigenvalue weighted by Crippen LogP contribution is 2.45. The Kier molecular flexibility index (Phi) is 6.29. The van der Waals surface area contributed by atoms with Crippen molar-refractivity contribution in [3.63, 3.8) is 0 Å². The highest BCUT2D eigenvalue weighted by molar-refractivity contribution is 5.99. The van der Waals surface area contributed by atoms with Gasteiger partial charge in [-0.3, -0.25) is 9.69 Å². The van der Waals surface area contributed by atoms with Crippen molar-refractivity contribution >= 4 is 16.8 Å². The zero-order chi connectivity index (χ0) is 20.3. The van der Waals surface area contributed by atoms with Gasteiger partial charge in [-0.1, -0.05) is 57.7 Å². The van der Waals surface area contributed by atoms with Crippen molar-refractivity contribution < 1.29 is 4.79 Å². The first-order valence-corrected chi connectivity index (χ1v) is 11.8. The predicted molar refractivity (Wildman–Crippen MR) is 120 cm³/mol. The molecule has 2 heterocycles. The SMILES string of the molecule is CCCCCN1CCN(C(=O)c2cc3ccccc3n2CCCCC)C2(CC2)C1. The molecule has 4 nitrogen and oxygen atoms in total. The lowest BCUT2D eigenvalue weighted by Crippen LogP contribution is -2.57. The van der Waals surface area contributed by atoms with E-state index in [1.165, 1.54) is 62.4 Å². The van der Waals surface area contributed by atoms with E-state index < -0.39 is 0 Å². The molecule has 1 aromatic heterocycles. The van der Waals surface area contributed by atoms with E-state index in [1.807, 2.05) is 0 Å². The number of hydrogen-bond acceptors (Lipinski definition) is 2. The van der Waals surface area contributed by atoms with Crippen LogP contribution in [0.2, 0.25) is 0 Å². The van der Waals surface area contributed by atoms with Gasteiger partial charge in [0.25, 0.3) is 5.91 Å². The van der Waals surface area contributed by atoms with E-state index >= 15 is 0 Å². The molecule has 0 radical (unpaired) electrons. The van der Waals surface area contributed by atoms with Gasteiger partial charge >= 0.3 is 0 Å². The van der Waals surface area contributed by atoms with E-state index in [9.17, 15) is 4.79 Å². The van der Waals surface area contributed by atoms with Crippen molar-refractivity contribution in [2.75, 3.05) is 26.2 Å². The van der Waals surface area contributed by atoms with Crippen LogP contribution in [-0.4, -0.2) is 52.0 Å². The lowest BCUT2D eigenvalue weighted by atomic mass is 10.1. The van der Waals surface area contributed by atoms with Crippen LogP contribution in [-0.2, 0) is 6.54 Å². The van der Waals surface area contributed by atoms with Crippen LogP contribution in [0, 0.1) is 0 Å². The molecule has 1 spiro atoms. The molecule has 1 aliphatic heterocycles. The van der Waals surface area contributed by atoms with Crippen LogP contribution in [0.3, 0.4) is 0 Å². The maximum atomic E-state index is 13.7. The number of hydrogen-bond donors (Lipinski definition) is 0. The molecule has 2 aliphatic rings. The minimum absolute atomic E-state index is 0.103. The lowest BCUT2D eigenvalue weighted by molar-refractivity contribution is 0.0375. The molecule has 1 aliphatic carbocycles. The Balaban J connectivity index is 1.54. The molecule has 1 saturated heterocycles. The average Bonchev–Trinajstić information content (AvgIpc) is 3.39. The topological polar surface area (TPSA) is 28.5 Å².